The number of rotatable bonds is 8. The van der Waals surface area contributed by atoms with Gasteiger partial charge in [-0.1, -0.05) is 18.2 Å². The molecule has 7 nitrogen and oxygen atoms in total. The number of thioether (sulfide) groups is 1. The van der Waals surface area contributed by atoms with Gasteiger partial charge in [0, 0.05) is 17.6 Å². The molecule has 2 aromatic heterocycles. The Hall–Kier alpha value is -3.13. The number of aryl methyl sites for hydroxylation is 3. The molecule has 0 atom stereocenters. The lowest BCUT2D eigenvalue weighted by atomic mass is 10.1. The molecule has 0 aliphatic heterocycles. The standard InChI is InChI=1S/C24H26N2O5S/c1-6-30-24(29)21-20(15(4)27)16(5)31-23(21)25-18(28)10-11-32-19-12-14(3)17-9-7-8-13(2)22(17)26-19/h7-9,12H,6,10-11H2,1-5H3,(H,25,28). The van der Waals surface area contributed by atoms with Crippen LogP contribution < -0.4 is 5.32 Å². The third-order valence-corrected chi connectivity index (χ3v) is 5.89. The second-order valence-electron chi connectivity index (χ2n) is 7.41. The number of para-hydroxylation sites is 1. The largest absolute Gasteiger partial charge is 0.462 e. The lowest BCUT2D eigenvalue weighted by molar-refractivity contribution is -0.115. The molecule has 0 unspecified atom stereocenters. The average Bonchev–Trinajstić information content (AvgIpc) is 3.05. The third kappa shape index (κ3) is 5.02. The average molecular weight is 455 g/mol. The van der Waals surface area contributed by atoms with Crippen molar-refractivity contribution in [3.05, 3.63) is 52.3 Å². The minimum absolute atomic E-state index is 0.0415. The van der Waals surface area contributed by atoms with Gasteiger partial charge in [0.2, 0.25) is 11.8 Å². The van der Waals surface area contributed by atoms with Crippen LogP contribution in [0.5, 0.6) is 0 Å². The Labute approximate surface area is 190 Å². The van der Waals surface area contributed by atoms with E-state index in [2.05, 4.69) is 5.32 Å². The van der Waals surface area contributed by atoms with Crippen LogP contribution in [0.2, 0.25) is 0 Å². The molecule has 0 bridgehead atoms. The van der Waals surface area contributed by atoms with Crippen LogP contribution in [0.4, 0.5) is 5.88 Å². The van der Waals surface area contributed by atoms with Crippen LogP contribution in [0, 0.1) is 20.8 Å². The zero-order valence-corrected chi connectivity index (χ0v) is 19.6. The molecule has 0 spiro atoms. The van der Waals surface area contributed by atoms with Gasteiger partial charge in [-0.2, -0.15) is 0 Å². The monoisotopic (exact) mass is 454 g/mol. The number of hydrogen-bond acceptors (Lipinski definition) is 7. The molecule has 0 aliphatic carbocycles. The van der Waals surface area contributed by atoms with Crippen molar-refractivity contribution in [2.24, 2.45) is 0 Å². The molecule has 1 amide bonds. The van der Waals surface area contributed by atoms with E-state index >= 15 is 0 Å². The first-order valence-electron chi connectivity index (χ1n) is 10.3. The van der Waals surface area contributed by atoms with Gasteiger partial charge < -0.3 is 9.15 Å². The summed E-state index contributed by atoms with van der Waals surface area (Å²) in [6.07, 6.45) is 0.175. The molecule has 1 N–H and O–H groups in total. The number of carbonyl (C=O) groups excluding carboxylic acids is 3. The summed E-state index contributed by atoms with van der Waals surface area (Å²) in [6, 6.07) is 8.10. The third-order valence-electron chi connectivity index (χ3n) is 4.97. The van der Waals surface area contributed by atoms with Crippen LogP contribution in [-0.4, -0.2) is 35.0 Å². The number of nitrogens with one attached hydrogen (secondary N) is 1. The number of hydrogen-bond donors (Lipinski definition) is 1. The Morgan fingerprint density at radius 3 is 2.56 bits per heavy atom. The Balaban J connectivity index is 1.70. The Kier molecular flexibility index (Phi) is 7.35. The minimum Gasteiger partial charge on any atom is -0.462 e. The van der Waals surface area contributed by atoms with Crippen LogP contribution in [0.1, 0.15) is 57.9 Å². The van der Waals surface area contributed by atoms with Gasteiger partial charge in [0.15, 0.2) is 5.78 Å². The first kappa shape index (κ1) is 23.5. The van der Waals surface area contributed by atoms with Crippen molar-refractivity contribution in [3.63, 3.8) is 0 Å². The maximum atomic E-state index is 12.5. The van der Waals surface area contributed by atoms with E-state index in [9.17, 15) is 14.4 Å². The molecule has 32 heavy (non-hydrogen) atoms. The Bertz CT molecular complexity index is 1200. The molecule has 2 heterocycles. The predicted molar refractivity (Wildman–Crippen MR) is 125 cm³/mol. The number of anilines is 1. The SMILES string of the molecule is CCOC(=O)c1c(NC(=O)CCSc2cc(C)c3cccc(C)c3n2)oc(C)c1C(C)=O. The molecule has 1 aromatic carbocycles. The Morgan fingerprint density at radius 2 is 1.88 bits per heavy atom. The van der Waals surface area contributed by atoms with E-state index in [1.807, 2.05) is 38.1 Å². The molecule has 0 radical (unpaired) electrons. The van der Waals surface area contributed by atoms with Gasteiger partial charge in [-0.15, -0.1) is 11.8 Å². The van der Waals surface area contributed by atoms with Crippen LogP contribution in [0.15, 0.2) is 33.7 Å². The minimum atomic E-state index is -0.703. The van der Waals surface area contributed by atoms with Crippen LogP contribution in [0.3, 0.4) is 0 Å². The van der Waals surface area contributed by atoms with Crippen molar-refractivity contribution in [2.75, 3.05) is 17.7 Å². The molecule has 3 rings (SSSR count). The number of esters is 1. The molecular weight excluding hydrogens is 428 g/mol. The summed E-state index contributed by atoms with van der Waals surface area (Å²) < 4.78 is 10.5. The molecular formula is C24H26N2O5S. The number of Topliss-reactive ketones (excluding diaryl/α,β-unsaturated/α-hetero) is 1. The highest BCUT2D eigenvalue weighted by molar-refractivity contribution is 7.99. The van der Waals surface area contributed by atoms with Crippen molar-refractivity contribution in [1.29, 1.82) is 0 Å². The highest BCUT2D eigenvalue weighted by Gasteiger charge is 2.28. The van der Waals surface area contributed by atoms with Gasteiger partial charge in [0.1, 0.15) is 11.3 Å². The van der Waals surface area contributed by atoms with Gasteiger partial charge in [0.05, 0.1) is 22.7 Å². The summed E-state index contributed by atoms with van der Waals surface area (Å²) in [5, 5.41) is 4.57. The number of aromatic nitrogens is 1. The fourth-order valence-electron chi connectivity index (χ4n) is 3.50. The number of ether oxygens (including phenoxy) is 1. The zero-order chi connectivity index (χ0) is 23.4. The van der Waals surface area contributed by atoms with E-state index in [0.29, 0.717) is 5.75 Å². The number of benzene rings is 1. The summed E-state index contributed by atoms with van der Waals surface area (Å²) in [5.41, 5.74) is 3.28. The smallest absolute Gasteiger partial charge is 0.344 e. The van der Waals surface area contributed by atoms with Crippen LogP contribution >= 0.6 is 11.8 Å². The van der Waals surface area contributed by atoms with Crippen molar-refractivity contribution >= 4 is 46.2 Å². The van der Waals surface area contributed by atoms with Gasteiger partial charge in [-0.05, 0) is 51.8 Å². The summed E-state index contributed by atoms with van der Waals surface area (Å²) in [5.74, 6) is -0.679. The van der Waals surface area contributed by atoms with Crippen molar-refractivity contribution < 1.29 is 23.5 Å². The highest BCUT2D eigenvalue weighted by atomic mass is 32.2. The summed E-state index contributed by atoms with van der Waals surface area (Å²) in [4.78, 5) is 41.6. The number of pyridine rings is 1. The van der Waals surface area contributed by atoms with Gasteiger partial charge in [-0.3, -0.25) is 14.9 Å². The molecule has 3 aromatic rings. The summed E-state index contributed by atoms with van der Waals surface area (Å²) >= 11 is 1.48. The van der Waals surface area contributed by atoms with Crippen molar-refractivity contribution in [2.45, 2.75) is 46.1 Å². The van der Waals surface area contributed by atoms with Crippen LogP contribution in [0.25, 0.3) is 10.9 Å². The van der Waals surface area contributed by atoms with Gasteiger partial charge in [-0.25, -0.2) is 9.78 Å². The molecule has 0 fully saturated rings. The molecule has 0 saturated carbocycles. The van der Waals surface area contributed by atoms with E-state index in [1.165, 1.54) is 18.7 Å². The van der Waals surface area contributed by atoms with Gasteiger partial charge in [0.25, 0.3) is 0 Å². The topological polar surface area (TPSA) is 98.5 Å². The zero-order valence-electron chi connectivity index (χ0n) is 18.8. The Morgan fingerprint density at radius 1 is 1.12 bits per heavy atom. The first-order valence-corrected chi connectivity index (χ1v) is 11.3. The molecule has 0 aliphatic rings. The molecule has 0 saturated heterocycles. The van der Waals surface area contributed by atoms with Crippen molar-refractivity contribution in [3.8, 4) is 0 Å². The van der Waals surface area contributed by atoms with E-state index in [4.69, 9.17) is 14.1 Å². The molecule has 8 heteroatoms. The number of ketones is 1. The molecule has 168 valence electrons. The number of carbonyl (C=O) groups is 3. The number of amides is 1. The van der Waals surface area contributed by atoms with Crippen molar-refractivity contribution in [1.82, 2.24) is 4.98 Å². The number of fused-ring (bicyclic) bond motifs is 1. The lowest BCUT2D eigenvalue weighted by Gasteiger charge is -2.08. The number of furan rings is 1. The number of nitrogens with zero attached hydrogens (tertiary/aromatic N) is 1. The second-order valence-corrected chi connectivity index (χ2v) is 8.52. The maximum absolute atomic E-state index is 12.5. The lowest BCUT2D eigenvalue weighted by Crippen LogP contribution is -2.16. The summed E-state index contributed by atoms with van der Waals surface area (Å²) in [6.45, 7) is 8.78. The highest BCUT2D eigenvalue weighted by Crippen LogP contribution is 2.29. The summed E-state index contributed by atoms with van der Waals surface area (Å²) in [7, 11) is 0. The predicted octanol–water partition coefficient (Wildman–Crippen LogP) is 5.25. The second kappa shape index (κ2) is 9.99. The normalized spacial score (nSPS) is 10.9. The van der Waals surface area contributed by atoms with E-state index < -0.39 is 5.97 Å². The fraction of sp³-hybridized carbons (Fsp3) is 0.333. The maximum Gasteiger partial charge on any atom is 0.344 e. The van der Waals surface area contributed by atoms with E-state index in [1.54, 1.807) is 13.8 Å². The van der Waals surface area contributed by atoms with E-state index in [-0.39, 0.29) is 47.5 Å². The van der Waals surface area contributed by atoms with Crippen LogP contribution in [-0.2, 0) is 9.53 Å². The first-order chi connectivity index (χ1) is 15.2. The van der Waals surface area contributed by atoms with E-state index in [0.717, 1.165) is 27.1 Å². The quantitative estimate of drug-likeness (QED) is 0.282. The van der Waals surface area contributed by atoms with Gasteiger partial charge >= 0.3 is 5.97 Å². The fourth-order valence-corrected chi connectivity index (χ4v) is 4.41.